The Kier molecular flexibility index (Phi) is 3.52. The van der Waals surface area contributed by atoms with E-state index in [1.54, 1.807) is 0 Å². The van der Waals surface area contributed by atoms with Gasteiger partial charge in [0.15, 0.2) is 6.61 Å². The van der Waals surface area contributed by atoms with Gasteiger partial charge >= 0.3 is 24.0 Å². The van der Waals surface area contributed by atoms with Crippen LogP contribution in [0, 0.1) is 0 Å². The fraction of sp³-hybridized carbons (Fsp3) is 0.625. The molecular formula is C8H6F6O4. The molecule has 1 atom stereocenters. The maximum Gasteiger partial charge on any atom is 0.511 e. The molecule has 0 aromatic heterocycles. The van der Waals surface area contributed by atoms with Crippen LogP contribution in [0.5, 0.6) is 0 Å². The van der Waals surface area contributed by atoms with Crippen molar-refractivity contribution in [1.82, 2.24) is 0 Å². The molecule has 1 heterocycles. The van der Waals surface area contributed by atoms with Crippen LogP contribution in [-0.4, -0.2) is 37.3 Å². The van der Waals surface area contributed by atoms with Gasteiger partial charge in [0.25, 0.3) is 0 Å². The second-order valence-electron chi connectivity index (χ2n) is 3.27. The Morgan fingerprint density at radius 2 is 1.94 bits per heavy atom. The van der Waals surface area contributed by atoms with Crippen LogP contribution in [0.1, 0.15) is 0 Å². The summed E-state index contributed by atoms with van der Waals surface area (Å²) < 4.78 is 86.8. The van der Waals surface area contributed by atoms with Crippen molar-refractivity contribution >= 4 is 6.16 Å². The minimum Gasteiger partial charge on any atom is -0.427 e. The zero-order chi connectivity index (χ0) is 14.2. The Morgan fingerprint density at radius 3 is 2.28 bits per heavy atom. The minimum atomic E-state index is -6.07. The molecule has 104 valence electrons. The van der Waals surface area contributed by atoms with Gasteiger partial charge in [-0.15, -0.1) is 0 Å². The summed E-state index contributed by atoms with van der Waals surface area (Å²) in [6, 6.07) is 0. The van der Waals surface area contributed by atoms with E-state index in [0.29, 0.717) is 0 Å². The summed E-state index contributed by atoms with van der Waals surface area (Å²) in [6.45, 7) is -0.214. The molecule has 0 spiro atoms. The van der Waals surface area contributed by atoms with E-state index in [4.69, 9.17) is 0 Å². The lowest BCUT2D eigenvalue weighted by Gasteiger charge is -2.33. The Bertz CT molecular complexity index is 365. The molecule has 0 aromatic carbocycles. The maximum absolute atomic E-state index is 13.2. The predicted octanol–water partition coefficient (Wildman–Crippen LogP) is 2.55. The summed E-state index contributed by atoms with van der Waals surface area (Å²) in [7, 11) is 0. The number of rotatable bonds is 4. The van der Waals surface area contributed by atoms with Crippen molar-refractivity contribution in [3.05, 3.63) is 12.4 Å². The SMILES string of the molecule is C=C(F)COC1(C(F)(F)C(F)(F)F)COC(=O)O1. The summed E-state index contributed by atoms with van der Waals surface area (Å²) in [5.41, 5.74) is 0. The first-order valence-electron chi connectivity index (χ1n) is 4.29. The highest BCUT2D eigenvalue weighted by Crippen LogP contribution is 2.48. The number of hydrogen-bond acceptors (Lipinski definition) is 4. The van der Waals surface area contributed by atoms with E-state index in [9.17, 15) is 31.1 Å². The fourth-order valence-corrected chi connectivity index (χ4v) is 1.07. The lowest BCUT2D eigenvalue weighted by Crippen LogP contribution is -2.60. The molecule has 0 aromatic rings. The van der Waals surface area contributed by atoms with Crippen LogP contribution in [0.2, 0.25) is 0 Å². The number of alkyl halides is 5. The van der Waals surface area contributed by atoms with Gasteiger partial charge in [0, 0.05) is 0 Å². The van der Waals surface area contributed by atoms with Crippen molar-refractivity contribution in [3.8, 4) is 0 Å². The standard InChI is InChI=1S/C8H6F6O4/c1-4(9)2-17-6(3-16-5(15)18-6)7(10,11)8(12,13)14/h1-3H2. The topological polar surface area (TPSA) is 44.8 Å². The van der Waals surface area contributed by atoms with Crippen molar-refractivity contribution in [2.45, 2.75) is 17.9 Å². The average molecular weight is 280 g/mol. The normalized spacial score (nSPS) is 24.7. The lowest BCUT2D eigenvalue weighted by atomic mass is 10.1. The summed E-state index contributed by atoms with van der Waals surface area (Å²) >= 11 is 0. The highest BCUT2D eigenvalue weighted by Gasteiger charge is 2.76. The van der Waals surface area contributed by atoms with Gasteiger partial charge in [-0.3, -0.25) is 0 Å². The van der Waals surface area contributed by atoms with Gasteiger partial charge < -0.3 is 14.2 Å². The van der Waals surface area contributed by atoms with E-state index in [-0.39, 0.29) is 0 Å². The molecule has 0 bridgehead atoms. The lowest BCUT2D eigenvalue weighted by molar-refractivity contribution is -0.392. The second kappa shape index (κ2) is 4.34. The van der Waals surface area contributed by atoms with E-state index in [2.05, 4.69) is 20.8 Å². The van der Waals surface area contributed by atoms with Crippen molar-refractivity contribution in [3.63, 3.8) is 0 Å². The molecular weight excluding hydrogens is 274 g/mol. The molecule has 18 heavy (non-hydrogen) atoms. The fourth-order valence-electron chi connectivity index (χ4n) is 1.07. The van der Waals surface area contributed by atoms with E-state index >= 15 is 0 Å². The van der Waals surface area contributed by atoms with Gasteiger partial charge in [-0.05, 0) is 0 Å². The number of halogens is 6. The molecule has 0 N–H and O–H groups in total. The Morgan fingerprint density at radius 1 is 1.39 bits per heavy atom. The number of ether oxygens (including phenoxy) is 3. The molecule has 0 saturated carbocycles. The van der Waals surface area contributed by atoms with E-state index < -0.39 is 43.1 Å². The van der Waals surface area contributed by atoms with Crippen molar-refractivity contribution in [1.29, 1.82) is 0 Å². The average Bonchev–Trinajstić information content (AvgIpc) is 2.57. The van der Waals surface area contributed by atoms with Crippen LogP contribution < -0.4 is 0 Å². The highest BCUT2D eigenvalue weighted by molar-refractivity contribution is 5.62. The van der Waals surface area contributed by atoms with E-state index in [1.165, 1.54) is 0 Å². The largest absolute Gasteiger partial charge is 0.511 e. The Balaban J connectivity index is 3.05. The molecule has 1 rings (SSSR count). The molecule has 0 amide bonds. The van der Waals surface area contributed by atoms with E-state index in [1.807, 2.05) is 0 Å². The monoisotopic (exact) mass is 280 g/mol. The number of carbonyl (C=O) groups is 1. The van der Waals surface area contributed by atoms with Crippen molar-refractivity contribution in [2.24, 2.45) is 0 Å². The summed E-state index contributed by atoms with van der Waals surface area (Å²) in [6.07, 6.45) is -7.85. The maximum atomic E-state index is 13.2. The van der Waals surface area contributed by atoms with Crippen LogP contribution in [0.3, 0.4) is 0 Å². The van der Waals surface area contributed by atoms with Gasteiger partial charge in [-0.2, -0.15) is 22.0 Å². The van der Waals surface area contributed by atoms with Gasteiger partial charge in [-0.25, -0.2) is 9.18 Å². The molecule has 0 radical (unpaired) electrons. The molecule has 10 heteroatoms. The minimum absolute atomic E-state index is 1.30. The molecule has 1 saturated heterocycles. The van der Waals surface area contributed by atoms with Crippen LogP contribution in [-0.2, 0) is 14.2 Å². The third-order valence-corrected chi connectivity index (χ3v) is 1.92. The van der Waals surface area contributed by atoms with Gasteiger partial charge in [0.05, 0.1) is 0 Å². The first kappa shape index (κ1) is 14.6. The third-order valence-electron chi connectivity index (χ3n) is 1.92. The number of hydrogen-bond donors (Lipinski definition) is 0. The van der Waals surface area contributed by atoms with Crippen LogP contribution in [0.25, 0.3) is 0 Å². The first-order valence-corrected chi connectivity index (χ1v) is 4.29. The second-order valence-corrected chi connectivity index (χ2v) is 3.27. The Labute approximate surface area is 96.1 Å². The molecule has 0 aliphatic carbocycles. The summed E-state index contributed by atoms with van der Waals surface area (Å²) in [5, 5.41) is 0. The van der Waals surface area contributed by atoms with Crippen molar-refractivity contribution in [2.75, 3.05) is 13.2 Å². The van der Waals surface area contributed by atoms with E-state index in [0.717, 1.165) is 0 Å². The molecule has 1 aliphatic heterocycles. The highest BCUT2D eigenvalue weighted by atomic mass is 19.4. The van der Waals surface area contributed by atoms with Gasteiger partial charge in [0.2, 0.25) is 0 Å². The van der Waals surface area contributed by atoms with Crippen LogP contribution in [0.4, 0.5) is 31.1 Å². The molecule has 1 fully saturated rings. The third kappa shape index (κ3) is 2.37. The molecule has 1 aliphatic rings. The predicted molar refractivity (Wildman–Crippen MR) is 42.4 cm³/mol. The number of carbonyl (C=O) groups excluding carboxylic acids is 1. The van der Waals surface area contributed by atoms with Crippen molar-refractivity contribution < 1.29 is 45.3 Å². The Hall–Kier alpha value is -1.45. The first-order chi connectivity index (χ1) is 8.02. The van der Waals surface area contributed by atoms with Crippen LogP contribution >= 0.6 is 0 Å². The zero-order valence-corrected chi connectivity index (χ0v) is 8.52. The zero-order valence-electron chi connectivity index (χ0n) is 8.52. The summed E-state index contributed by atoms with van der Waals surface area (Å²) in [4.78, 5) is 10.5. The van der Waals surface area contributed by atoms with Crippen LogP contribution in [0.15, 0.2) is 12.4 Å². The van der Waals surface area contributed by atoms with Gasteiger partial charge in [-0.1, -0.05) is 6.58 Å². The molecule has 4 nitrogen and oxygen atoms in total. The summed E-state index contributed by atoms with van der Waals surface area (Å²) in [5.74, 6) is -10.6. The number of cyclic esters (lactones) is 2. The van der Waals surface area contributed by atoms with Gasteiger partial charge in [0.1, 0.15) is 12.4 Å². The smallest absolute Gasteiger partial charge is 0.427 e. The molecule has 1 unspecified atom stereocenters. The quantitative estimate of drug-likeness (QED) is 0.586.